The van der Waals surface area contributed by atoms with Crippen LogP contribution in [0.2, 0.25) is 0 Å². The fourth-order valence-corrected chi connectivity index (χ4v) is 2.25. The number of aryl methyl sites for hydroxylation is 2. The Labute approximate surface area is 124 Å². The van der Waals surface area contributed by atoms with Crippen LogP contribution < -0.4 is 5.32 Å². The number of nitrogens with zero attached hydrogens (tertiary/aromatic N) is 1. The van der Waals surface area contributed by atoms with E-state index in [-0.39, 0.29) is 0 Å². The van der Waals surface area contributed by atoms with E-state index in [0.717, 1.165) is 30.8 Å². The van der Waals surface area contributed by atoms with Gasteiger partial charge >= 0.3 is 0 Å². The van der Waals surface area contributed by atoms with Gasteiger partial charge in [-0.25, -0.2) is 0 Å². The van der Waals surface area contributed by atoms with Crippen molar-refractivity contribution in [1.82, 2.24) is 10.2 Å². The van der Waals surface area contributed by atoms with E-state index in [9.17, 15) is 5.11 Å². The van der Waals surface area contributed by atoms with Crippen LogP contribution in [-0.2, 0) is 6.54 Å². The number of hydrogen-bond acceptors (Lipinski definition) is 3. The molecule has 2 N–H and O–H groups in total. The molecule has 3 heteroatoms. The van der Waals surface area contributed by atoms with Gasteiger partial charge in [-0.2, -0.15) is 0 Å². The standard InChI is InChI=1S/C17H30N2O/c1-13(2)19(5)9-7-6-8-18-12-16-10-14(3)17(20)15(4)11-16/h10-11,13,18,20H,6-9,12H2,1-5H3. The third-order valence-corrected chi connectivity index (χ3v) is 3.88. The Morgan fingerprint density at radius 1 is 1.15 bits per heavy atom. The Morgan fingerprint density at radius 2 is 1.75 bits per heavy atom. The first-order chi connectivity index (χ1) is 9.41. The van der Waals surface area contributed by atoms with E-state index in [4.69, 9.17) is 0 Å². The van der Waals surface area contributed by atoms with Crippen molar-refractivity contribution in [2.45, 2.75) is 53.1 Å². The van der Waals surface area contributed by atoms with Crippen LogP contribution >= 0.6 is 0 Å². The van der Waals surface area contributed by atoms with Gasteiger partial charge in [-0.05, 0) is 77.4 Å². The van der Waals surface area contributed by atoms with Crippen LogP contribution in [-0.4, -0.2) is 36.2 Å². The summed E-state index contributed by atoms with van der Waals surface area (Å²) in [5, 5.41) is 13.2. The Hall–Kier alpha value is -1.06. The Morgan fingerprint density at radius 3 is 2.30 bits per heavy atom. The van der Waals surface area contributed by atoms with E-state index in [1.165, 1.54) is 18.4 Å². The highest BCUT2D eigenvalue weighted by Crippen LogP contribution is 2.22. The fraction of sp³-hybridized carbons (Fsp3) is 0.647. The van der Waals surface area contributed by atoms with Crippen molar-refractivity contribution in [2.75, 3.05) is 20.1 Å². The average Bonchev–Trinajstić information content (AvgIpc) is 2.39. The Balaban J connectivity index is 2.22. The third kappa shape index (κ3) is 5.51. The normalized spacial score (nSPS) is 11.6. The summed E-state index contributed by atoms with van der Waals surface area (Å²) in [7, 11) is 2.18. The van der Waals surface area contributed by atoms with Crippen LogP contribution in [0, 0.1) is 13.8 Å². The summed E-state index contributed by atoms with van der Waals surface area (Å²) >= 11 is 0. The van der Waals surface area contributed by atoms with Gasteiger partial charge in [0.1, 0.15) is 5.75 Å². The minimum Gasteiger partial charge on any atom is -0.507 e. The lowest BCUT2D eigenvalue weighted by Gasteiger charge is -2.20. The highest BCUT2D eigenvalue weighted by molar-refractivity contribution is 5.42. The summed E-state index contributed by atoms with van der Waals surface area (Å²) in [6.07, 6.45) is 2.43. The highest BCUT2D eigenvalue weighted by atomic mass is 16.3. The molecule has 1 rings (SSSR count). The van der Waals surface area contributed by atoms with E-state index in [0.29, 0.717) is 11.8 Å². The predicted molar refractivity (Wildman–Crippen MR) is 86.3 cm³/mol. The maximum atomic E-state index is 9.74. The van der Waals surface area contributed by atoms with Crippen molar-refractivity contribution in [3.63, 3.8) is 0 Å². The van der Waals surface area contributed by atoms with Gasteiger partial charge < -0.3 is 15.3 Å². The molecule has 0 amide bonds. The predicted octanol–water partition coefficient (Wildman–Crippen LogP) is 3.22. The largest absolute Gasteiger partial charge is 0.507 e. The lowest BCUT2D eigenvalue weighted by atomic mass is 10.1. The van der Waals surface area contributed by atoms with Gasteiger partial charge in [0.25, 0.3) is 0 Å². The van der Waals surface area contributed by atoms with Crippen molar-refractivity contribution >= 4 is 0 Å². The molecule has 0 spiro atoms. The van der Waals surface area contributed by atoms with Gasteiger partial charge in [-0.3, -0.25) is 0 Å². The summed E-state index contributed by atoms with van der Waals surface area (Å²) in [5.41, 5.74) is 3.16. The zero-order valence-corrected chi connectivity index (χ0v) is 13.7. The molecule has 0 radical (unpaired) electrons. The second-order valence-electron chi connectivity index (χ2n) is 6.04. The molecule has 0 fully saturated rings. The SMILES string of the molecule is Cc1cc(CNCCCCN(C)C(C)C)cc(C)c1O. The molecule has 0 atom stereocenters. The summed E-state index contributed by atoms with van der Waals surface area (Å²) in [5.74, 6) is 0.422. The molecule has 1 aromatic rings. The third-order valence-electron chi connectivity index (χ3n) is 3.88. The topological polar surface area (TPSA) is 35.5 Å². The Kier molecular flexibility index (Phi) is 7.03. The van der Waals surface area contributed by atoms with Crippen molar-refractivity contribution in [2.24, 2.45) is 0 Å². The summed E-state index contributed by atoms with van der Waals surface area (Å²) in [4.78, 5) is 2.38. The first kappa shape index (κ1) is 17.0. The minimum atomic E-state index is 0.422. The minimum absolute atomic E-state index is 0.422. The van der Waals surface area contributed by atoms with Crippen LogP contribution in [0.3, 0.4) is 0 Å². The van der Waals surface area contributed by atoms with Crippen LogP contribution in [0.4, 0.5) is 0 Å². The number of unbranched alkanes of at least 4 members (excludes halogenated alkanes) is 1. The number of benzene rings is 1. The molecule has 20 heavy (non-hydrogen) atoms. The number of aromatic hydroxyl groups is 1. The molecule has 0 saturated carbocycles. The van der Waals surface area contributed by atoms with Crippen LogP contribution in [0.5, 0.6) is 5.75 Å². The van der Waals surface area contributed by atoms with Crippen molar-refractivity contribution in [1.29, 1.82) is 0 Å². The molecule has 114 valence electrons. The van der Waals surface area contributed by atoms with E-state index >= 15 is 0 Å². The molecule has 0 heterocycles. The molecule has 1 aromatic carbocycles. The molecule has 0 saturated heterocycles. The Bertz CT molecular complexity index is 392. The molecular formula is C17H30N2O. The smallest absolute Gasteiger partial charge is 0.121 e. The second-order valence-corrected chi connectivity index (χ2v) is 6.04. The molecule has 0 aliphatic heterocycles. The van der Waals surface area contributed by atoms with Crippen molar-refractivity contribution in [3.8, 4) is 5.75 Å². The zero-order valence-electron chi connectivity index (χ0n) is 13.7. The molecule has 0 aliphatic rings. The number of rotatable bonds is 8. The van der Waals surface area contributed by atoms with Gasteiger partial charge in [0.2, 0.25) is 0 Å². The molecule has 3 nitrogen and oxygen atoms in total. The van der Waals surface area contributed by atoms with E-state index in [1.54, 1.807) is 0 Å². The highest BCUT2D eigenvalue weighted by Gasteiger charge is 2.04. The number of nitrogens with one attached hydrogen (secondary N) is 1. The van der Waals surface area contributed by atoms with Gasteiger partial charge in [-0.1, -0.05) is 12.1 Å². The maximum absolute atomic E-state index is 9.74. The van der Waals surface area contributed by atoms with Crippen molar-refractivity contribution < 1.29 is 5.11 Å². The lowest BCUT2D eigenvalue weighted by Crippen LogP contribution is -2.27. The summed E-state index contributed by atoms with van der Waals surface area (Å²) < 4.78 is 0. The van der Waals surface area contributed by atoms with Crippen molar-refractivity contribution in [3.05, 3.63) is 28.8 Å². The lowest BCUT2D eigenvalue weighted by molar-refractivity contribution is 0.268. The number of phenols is 1. The zero-order chi connectivity index (χ0) is 15.1. The second kappa shape index (κ2) is 8.28. The molecule has 0 unspecified atom stereocenters. The monoisotopic (exact) mass is 278 g/mol. The summed E-state index contributed by atoms with van der Waals surface area (Å²) in [6.45, 7) is 11.5. The molecule has 0 aromatic heterocycles. The summed E-state index contributed by atoms with van der Waals surface area (Å²) in [6, 6.07) is 4.75. The van der Waals surface area contributed by atoms with Gasteiger partial charge in [0.15, 0.2) is 0 Å². The van der Waals surface area contributed by atoms with Crippen LogP contribution in [0.15, 0.2) is 12.1 Å². The first-order valence-corrected chi connectivity index (χ1v) is 7.62. The molecule has 0 aliphatic carbocycles. The van der Waals surface area contributed by atoms with Gasteiger partial charge in [0, 0.05) is 12.6 Å². The van der Waals surface area contributed by atoms with Gasteiger partial charge in [0.05, 0.1) is 0 Å². The number of phenolic OH excluding ortho intramolecular Hbond substituents is 1. The van der Waals surface area contributed by atoms with Gasteiger partial charge in [-0.15, -0.1) is 0 Å². The van der Waals surface area contributed by atoms with Crippen LogP contribution in [0.1, 0.15) is 43.4 Å². The van der Waals surface area contributed by atoms with Crippen LogP contribution in [0.25, 0.3) is 0 Å². The van der Waals surface area contributed by atoms with E-state index in [1.807, 2.05) is 13.8 Å². The van der Waals surface area contributed by atoms with E-state index < -0.39 is 0 Å². The first-order valence-electron chi connectivity index (χ1n) is 7.62. The quantitative estimate of drug-likeness (QED) is 0.717. The molecule has 0 bridgehead atoms. The van der Waals surface area contributed by atoms with E-state index in [2.05, 4.69) is 43.2 Å². The fourth-order valence-electron chi connectivity index (χ4n) is 2.25. The maximum Gasteiger partial charge on any atom is 0.121 e. The molecular weight excluding hydrogens is 248 g/mol. The number of hydrogen-bond donors (Lipinski definition) is 2. The average molecular weight is 278 g/mol.